The molecule has 0 aliphatic rings. The highest BCUT2D eigenvalue weighted by atomic mass is 79.9. The third-order valence-electron chi connectivity index (χ3n) is 3.71. The highest BCUT2D eigenvalue weighted by Crippen LogP contribution is 2.29. The van der Waals surface area contributed by atoms with Gasteiger partial charge in [0.25, 0.3) is 0 Å². The maximum atomic E-state index is 5.49. The monoisotopic (exact) mass is 347 g/mol. The van der Waals surface area contributed by atoms with Crippen LogP contribution in [-0.2, 0) is 6.42 Å². The van der Waals surface area contributed by atoms with E-state index in [2.05, 4.69) is 58.5 Å². The minimum absolute atomic E-state index is 0.429. The first-order chi connectivity index (χ1) is 10.1. The summed E-state index contributed by atoms with van der Waals surface area (Å²) in [6, 6.07) is 15.0. The van der Waals surface area contributed by atoms with E-state index < -0.39 is 0 Å². The molecule has 112 valence electrons. The van der Waals surface area contributed by atoms with E-state index in [1.54, 1.807) is 7.11 Å². The predicted molar refractivity (Wildman–Crippen MR) is 92.2 cm³/mol. The number of hydrogen-bond donors (Lipinski definition) is 1. The van der Waals surface area contributed by atoms with Crippen LogP contribution < -0.4 is 10.1 Å². The van der Waals surface area contributed by atoms with Gasteiger partial charge in [0, 0.05) is 16.9 Å². The normalized spacial score (nSPS) is 12.2. The number of nitrogens with one attached hydrogen (secondary N) is 1. The first-order valence-electron chi connectivity index (χ1n) is 7.17. The molecule has 0 radical (unpaired) electrons. The highest BCUT2D eigenvalue weighted by Gasteiger charge is 2.14. The van der Waals surface area contributed by atoms with E-state index in [4.69, 9.17) is 4.74 Å². The van der Waals surface area contributed by atoms with Gasteiger partial charge in [-0.05, 0) is 49.7 Å². The smallest absolute Gasteiger partial charge is 0.122 e. The fourth-order valence-corrected chi connectivity index (χ4v) is 2.97. The molecule has 3 heteroatoms. The van der Waals surface area contributed by atoms with Crippen LogP contribution in [0.4, 0.5) is 0 Å². The van der Waals surface area contributed by atoms with Crippen LogP contribution in [0.1, 0.15) is 22.6 Å². The van der Waals surface area contributed by atoms with Gasteiger partial charge < -0.3 is 10.1 Å². The molecule has 1 unspecified atom stereocenters. The molecular weight excluding hydrogens is 326 g/mol. The van der Waals surface area contributed by atoms with Crippen molar-refractivity contribution >= 4 is 15.9 Å². The average molecular weight is 348 g/mol. The van der Waals surface area contributed by atoms with Gasteiger partial charge in [-0.25, -0.2) is 0 Å². The molecule has 21 heavy (non-hydrogen) atoms. The molecule has 2 aromatic carbocycles. The summed E-state index contributed by atoms with van der Waals surface area (Å²) in [5.74, 6) is 1.38. The first kappa shape index (κ1) is 16.1. The topological polar surface area (TPSA) is 21.3 Å². The van der Waals surface area contributed by atoms with Crippen LogP contribution in [0.3, 0.4) is 0 Å². The van der Waals surface area contributed by atoms with Crippen molar-refractivity contribution in [2.75, 3.05) is 20.7 Å². The number of methoxy groups -OCH3 is 1. The maximum absolute atomic E-state index is 5.49. The summed E-state index contributed by atoms with van der Waals surface area (Å²) in [4.78, 5) is 0. The first-order valence-corrected chi connectivity index (χ1v) is 7.97. The Bertz CT molecular complexity index is 580. The van der Waals surface area contributed by atoms with E-state index in [1.807, 2.05) is 19.2 Å². The van der Waals surface area contributed by atoms with Crippen molar-refractivity contribution in [3.63, 3.8) is 0 Å². The molecule has 0 saturated carbocycles. The lowest BCUT2D eigenvalue weighted by Gasteiger charge is -2.19. The zero-order chi connectivity index (χ0) is 15.2. The minimum Gasteiger partial charge on any atom is -0.496 e. The fourth-order valence-electron chi connectivity index (χ4n) is 2.57. The van der Waals surface area contributed by atoms with Crippen molar-refractivity contribution in [2.24, 2.45) is 0 Å². The standard InChI is InChI=1S/C18H22BrNO/c1-13-4-6-14(7-5-13)16(12-20-2)10-15-11-17(19)8-9-18(15)21-3/h4-9,11,16,20H,10,12H2,1-3H3. The number of hydrogen-bond acceptors (Lipinski definition) is 2. The van der Waals surface area contributed by atoms with Crippen LogP contribution in [0.2, 0.25) is 0 Å². The molecule has 0 saturated heterocycles. The Labute approximate surface area is 135 Å². The lowest BCUT2D eigenvalue weighted by molar-refractivity contribution is 0.407. The fraction of sp³-hybridized carbons (Fsp3) is 0.333. The number of rotatable bonds is 6. The molecular formula is C18H22BrNO. The number of ether oxygens (including phenoxy) is 1. The zero-order valence-electron chi connectivity index (χ0n) is 12.8. The molecule has 0 aliphatic heterocycles. The van der Waals surface area contributed by atoms with Crippen LogP contribution in [0.25, 0.3) is 0 Å². The maximum Gasteiger partial charge on any atom is 0.122 e. The van der Waals surface area contributed by atoms with Gasteiger partial charge in [-0.15, -0.1) is 0 Å². The van der Waals surface area contributed by atoms with E-state index >= 15 is 0 Å². The molecule has 0 amide bonds. The van der Waals surface area contributed by atoms with Crippen LogP contribution in [0, 0.1) is 6.92 Å². The lowest BCUT2D eigenvalue weighted by atomic mass is 9.91. The second-order valence-corrected chi connectivity index (χ2v) is 6.24. The Morgan fingerprint density at radius 1 is 1.14 bits per heavy atom. The summed E-state index contributed by atoms with van der Waals surface area (Å²) in [7, 11) is 3.73. The van der Waals surface area contributed by atoms with Gasteiger partial charge >= 0.3 is 0 Å². The Morgan fingerprint density at radius 3 is 2.48 bits per heavy atom. The molecule has 0 aromatic heterocycles. The van der Waals surface area contributed by atoms with Crippen LogP contribution >= 0.6 is 15.9 Å². The third kappa shape index (κ3) is 4.32. The molecule has 0 heterocycles. The Kier molecular flexibility index (Phi) is 5.83. The summed E-state index contributed by atoms with van der Waals surface area (Å²) in [6.07, 6.45) is 0.951. The second-order valence-electron chi connectivity index (χ2n) is 5.33. The largest absolute Gasteiger partial charge is 0.496 e. The molecule has 0 spiro atoms. The quantitative estimate of drug-likeness (QED) is 0.840. The summed E-state index contributed by atoms with van der Waals surface area (Å²) >= 11 is 3.55. The third-order valence-corrected chi connectivity index (χ3v) is 4.20. The molecule has 0 bridgehead atoms. The Hall–Kier alpha value is -1.32. The van der Waals surface area contributed by atoms with E-state index in [9.17, 15) is 0 Å². The number of aryl methyl sites for hydroxylation is 1. The lowest BCUT2D eigenvalue weighted by Crippen LogP contribution is -2.19. The van der Waals surface area contributed by atoms with E-state index in [1.165, 1.54) is 16.7 Å². The molecule has 2 aromatic rings. The van der Waals surface area contributed by atoms with Gasteiger partial charge in [-0.1, -0.05) is 45.8 Å². The van der Waals surface area contributed by atoms with Gasteiger partial charge in [-0.2, -0.15) is 0 Å². The van der Waals surface area contributed by atoms with E-state index in [0.717, 1.165) is 23.2 Å². The predicted octanol–water partition coefficient (Wildman–Crippen LogP) is 4.31. The van der Waals surface area contributed by atoms with Gasteiger partial charge in [0.05, 0.1) is 7.11 Å². The van der Waals surface area contributed by atoms with Crippen molar-refractivity contribution in [2.45, 2.75) is 19.3 Å². The Morgan fingerprint density at radius 2 is 1.86 bits per heavy atom. The van der Waals surface area contributed by atoms with Crippen molar-refractivity contribution in [1.82, 2.24) is 5.32 Å². The van der Waals surface area contributed by atoms with E-state index in [-0.39, 0.29) is 0 Å². The highest BCUT2D eigenvalue weighted by molar-refractivity contribution is 9.10. The number of benzene rings is 2. The van der Waals surface area contributed by atoms with Crippen molar-refractivity contribution in [3.8, 4) is 5.75 Å². The summed E-state index contributed by atoms with van der Waals surface area (Å²) < 4.78 is 6.58. The Balaban J connectivity index is 2.27. The molecule has 2 nitrogen and oxygen atoms in total. The molecule has 0 fully saturated rings. The van der Waals surface area contributed by atoms with Gasteiger partial charge in [0.1, 0.15) is 5.75 Å². The molecule has 2 rings (SSSR count). The van der Waals surface area contributed by atoms with Crippen molar-refractivity contribution in [1.29, 1.82) is 0 Å². The van der Waals surface area contributed by atoms with Crippen molar-refractivity contribution in [3.05, 3.63) is 63.6 Å². The van der Waals surface area contributed by atoms with Gasteiger partial charge in [0.15, 0.2) is 0 Å². The molecule has 0 aliphatic carbocycles. The summed E-state index contributed by atoms with van der Waals surface area (Å²) in [6.45, 7) is 3.06. The van der Waals surface area contributed by atoms with Crippen LogP contribution in [0.15, 0.2) is 46.9 Å². The summed E-state index contributed by atoms with van der Waals surface area (Å²) in [5.41, 5.74) is 3.88. The summed E-state index contributed by atoms with van der Waals surface area (Å²) in [5, 5.41) is 3.30. The van der Waals surface area contributed by atoms with Crippen LogP contribution in [0.5, 0.6) is 5.75 Å². The molecule has 1 N–H and O–H groups in total. The van der Waals surface area contributed by atoms with E-state index in [0.29, 0.717) is 5.92 Å². The van der Waals surface area contributed by atoms with Gasteiger partial charge in [-0.3, -0.25) is 0 Å². The number of likely N-dealkylation sites (N-methyl/N-ethyl adjacent to an activating group) is 1. The minimum atomic E-state index is 0.429. The SMILES string of the molecule is CNCC(Cc1cc(Br)ccc1OC)c1ccc(C)cc1. The average Bonchev–Trinajstić information content (AvgIpc) is 2.48. The van der Waals surface area contributed by atoms with Crippen LogP contribution in [-0.4, -0.2) is 20.7 Å². The number of halogens is 1. The molecule has 1 atom stereocenters. The second kappa shape index (κ2) is 7.62. The zero-order valence-corrected chi connectivity index (χ0v) is 14.4. The van der Waals surface area contributed by atoms with Crippen molar-refractivity contribution < 1.29 is 4.74 Å². The van der Waals surface area contributed by atoms with Gasteiger partial charge in [0.2, 0.25) is 0 Å².